The van der Waals surface area contributed by atoms with Gasteiger partial charge in [-0.05, 0) is 50.2 Å². The smallest absolute Gasteiger partial charge is 0.240 e. The summed E-state index contributed by atoms with van der Waals surface area (Å²) in [6.07, 6.45) is 6.85. The molecule has 102 valence electrons. The highest BCUT2D eigenvalue weighted by molar-refractivity contribution is 5.49. The van der Waals surface area contributed by atoms with Gasteiger partial charge in [0.05, 0.1) is 5.69 Å². The van der Waals surface area contributed by atoms with Gasteiger partial charge in [-0.2, -0.15) is 4.99 Å². The van der Waals surface area contributed by atoms with Gasteiger partial charge in [-0.1, -0.05) is 12.8 Å². The van der Waals surface area contributed by atoms with Gasteiger partial charge < -0.3 is 4.74 Å². The molecular formula is C15H20N2O2. The Kier molecular flexibility index (Phi) is 5.60. The summed E-state index contributed by atoms with van der Waals surface area (Å²) in [5.74, 6) is 0.819. The number of rotatable bonds is 5. The average Bonchev–Trinajstić information content (AvgIpc) is 2.70. The monoisotopic (exact) mass is 260 g/mol. The Morgan fingerprint density at radius 3 is 2.42 bits per heavy atom. The van der Waals surface area contributed by atoms with Gasteiger partial charge in [0, 0.05) is 6.54 Å². The van der Waals surface area contributed by atoms with E-state index in [1.165, 1.54) is 44.9 Å². The maximum Gasteiger partial charge on any atom is 0.240 e. The molecule has 1 aromatic rings. The molecule has 0 spiro atoms. The van der Waals surface area contributed by atoms with Crippen molar-refractivity contribution >= 4 is 11.8 Å². The number of hydrogen-bond donors (Lipinski definition) is 0. The van der Waals surface area contributed by atoms with Crippen molar-refractivity contribution in [2.24, 2.45) is 4.99 Å². The first-order chi connectivity index (χ1) is 9.38. The van der Waals surface area contributed by atoms with Crippen molar-refractivity contribution in [3.63, 3.8) is 0 Å². The molecule has 0 bridgehead atoms. The summed E-state index contributed by atoms with van der Waals surface area (Å²) >= 11 is 0. The molecule has 0 aromatic heterocycles. The molecule has 0 amide bonds. The molecule has 1 aromatic carbocycles. The van der Waals surface area contributed by atoms with Crippen molar-refractivity contribution in [2.45, 2.75) is 25.7 Å². The van der Waals surface area contributed by atoms with Crippen LogP contribution < -0.4 is 4.74 Å². The Morgan fingerprint density at radius 2 is 1.79 bits per heavy atom. The summed E-state index contributed by atoms with van der Waals surface area (Å²) in [5.41, 5.74) is 0.606. The molecule has 1 fully saturated rings. The van der Waals surface area contributed by atoms with Crippen LogP contribution in [0.25, 0.3) is 0 Å². The molecule has 1 aliphatic heterocycles. The van der Waals surface area contributed by atoms with E-state index in [1.54, 1.807) is 12.1 Å². The Hall–Kier alpha value is -1.64. The van der Waals surface area contributed by atoms with Gasteiger partial charge in [0.15, 0.2) is 0 Å². The lowest BCUT2D eigenvalue weighted by molar-refractivity contribution is 0.214. The van der Waals surface area contributed by atoms with Crippen molar-refractivity contribution in [3.05, 3.63) is 24.3 Å². The summed E-state index contributed by atoms with van der Waals surface area (Å²) in [5, 5.41) is 0. The number of aliphatic imine (C=N–C) groups is 1. The molecule has 0 unspecified atom stereocenters. The van der Waals surface area contributed by atoms with Gasteiger partial charge in [0.1, 0.15) is 12.4 Å². The summed E-state index contributed by atoms with van der Waals surface area (Å²) in [4.78, 5) is 16.1. The van der Waals surface area contributed by atoms with Gasteiger partial charge in [0.2, 0.25) is 6.08 Å². The molecular weight excluding hydrogens is 240 g/mol. The maximum atomic E-state index is 10.1. The van der Waals surface area contributed by atoms with Crippen molar-refractivity contribution in [2.75, 3.05) is 26.2 Å². The number of isocyanates is 1. The molecule has 1 aliphatic rings. The van der Waals surface area contributed by atoms with Crippen LogP contribution >= 0.6 is 0 Å². The summed E-state index contributed by atoms with van der Waals surface area (Å²) in [6, 6.07) is 7.18. The van der Waals surface area contributed by atoms with Crippen LogP contribution in [-0.4, -0.2) is 37.2 Å². The second kappa shape index (κ2) is 7.72. The average molecular weight is 260 g/mol. The van der Waals surface area contributed by atoms with Gasteiger partial charge in [-0.25, -0.2) is 4.79 Å². The van der Waals surface area contributed by atoms with E-state index in [-0.39, 0.29) is 0 Å². The highest BCUT2D eigenvalue weighted by atomic mass is 16.5. The number of hydrogen-bond acceptors (Lipinski definition) is 4. The second-order valence-electron chi connectivity index (χ2n) is 4.80. The van der Waals surface area contributed by atoms with E-state index < -0.39 is 0 Å². The highest BCUT2D eigenvalue weighted by Crippen LogP contribution is 2.17. The predicted molar refractivity (Wildman–Crippen MR) is 74.6 cm³/mol. The van der Waals surface area contributed by atoms with E-state index >= 15 is 0 Å². The quantitative estimate of drug-likeness (QED) is 0.604. The molecule has 4 heteroatoms. The third kappa shape index (κ3) is 4.86. The van der Waals surface area contributed by atoms with Gasteiger partial charge in [0.25, 0.3) is 0 Å². The third-order valence-electron chi connectivity index (χ3n) is 3.39. The Morgan fingerprint density at radius 1 is 1.11 bits per heavy atom. The maximum absolute atomic E-state index is 10.1. The number of ether oxygens (including phenoxy) is 1. The van der Waals surface area contributed by atoms with E-state index in [2.05, 4.69) is 9.89 Å². The third-order valence-corrected chi connectivity index (χ3v) is 3.39. The number of nitrogens with zero attached hydrogens (tertiary/aromatic N) is 2. The van der Waals surface area contributed by atoms with Crippen molar-refractivity contribution in [1.29, 1.82) is 0 Å². The lowest BCUT2D eigenvalue weighted by atomic mass is 10.2. The van der Waals surface area contributed by atoms with E-state index in [9.17, 15) is 4.79 Å². The zero-order valence-corrected chi connectivity index (χ0v) is 11.2. The minimum Gasteiger partial charge on any atom is -0.492 e. The normalized spacial score (nSPS) is 16.4. The number of benzene rings is 1. The minimum atomic E-state index is 0.606. The van der Waals surface area contributed by atoms with Gasteiger partial charge in [-0.3, -0.25) is 4.90 Å². The minimum absolute atomic E-state index is 0.606. The number of likely N-dealkylation sites (tertiary alicyclic amines) is 1. The molecule has 0 aliphatic carbocycles. The van der Waals surface area contributed by atoms with E-state index in [0.29, 0.717) is 12.3 Å². The predicted octanol–water partition coefficient (Wildman–Crippen LogP) is 2.91. The molecule has 1 heterocycles. The lowest BCUT2D eigenvalue weighted by Crippen LogP contribution is -2.29. The standard InChI is InChI=1S/C15H20N2O2/c18-13-16-14-5-7-15(8-6-14)19-12-11-17-9-3-1-2-4-10-17/h5-8H,1-4,9-12H2. The van der Waals surface area contributed by atoms with Crippen molar-refractivity contribution in [1.82, 2.24) is 4.90 Å². The Balaban J connectivity index is 1.73. The zero-order chi connectivity index (χ0) is 13.3. The van der Waals surface area contributed by atoms with Crippen LogP contribution in [0.4, 0.5) is 5.69 Å². The summed E-state index contributed by atoms with van der Waals surface area (Å²) in [6.45, 7) is 4.07. The van der Waals surface area contributed by atoms with E-state index in [1.807, 2.05) is 12.1 Å². The van der Waals surface area contributed by atoms with Crippen molar-refractivity contribution in [3.8, 4) is 5.75 Å². The van der Waals surface area contributed by atoms with Crippen LogP contribution in [0, 0.1) is 0 Å². The lowest BCUT2D eigenvalue weighted by Gasteiger charge is -2.19. The molecule has 4 nitrogen and oxygen atoms in total. The van der Waals surface area contributed by atoms with Crippen LogP contribution in [0.2, 0.25) is 0 Å². The molecule has 0 saturated carbocycles. The van der Waals surface area contributed by atoms with Gasteiger partial charge in [-0.15, -0.1) is 0 Å². The van der Waals surface area contributed by atoms with Crippen LogP contribution in [0.3, 0.4) is 0 Å². The van der Waals surface area contributed by atoms with Crippen LogP contribution in [0.5, 0.6) is 5.75 Å². The number of carbonyl (C=O) groups excluding carboxylic acids is 1. The largest absolute Gasteiger partial charge is 0.492 e. The zero-order valence-electron chi connectivity index (χ0n) is 11.2. The fourth-order valence-corrected chi connectivity index (χ4v) is 2.32. The Labute approximate surface area is 114 Å². The first-order valence-electron chi connectivity index (χ1n) is 6.91. The van der Waals surface area contributed by atoms with Crippen LogP contribution in [0.15, 0.2) is 29.3 Å². The SMILES string of the molecule is O=C=Nc1ccc(OCCN2CCCCCC2)cc1. The molecule has 0 radical (unpaired) electrons. The molecule has 2 rings (SSSR count). The van der Waals surface area contributed by atoms with Gasteiger partial charge >= 0.3 is 0 Å². The Bertz CT molecular complexity index is 416. The first kappa shape index (κ1) is 13.8. The first-order valence-corrected chi connectivity index (χ1v) is 6.91. The van der Waals surface area contributed by atoms with E-state index in [0.717, 1.165) is 12.3 Å². The van der Waals surface area contributed by atoms with E-state index in [4.69, 9.17) is 4.74 Å². The molecule has 1 saturated heterocycles. The fourth-order valence-electron chi connectivity index (χ4n) is 2.32. The molecule has 0 N–H and O–H groups in total. The highest BCUT2D eigenvalue weighted by Gasteiger charge is 2.08. The van der Waals surface area contributed by atoms with Crippen LogP contribution in [0.1, 0.15) is 25.7 Å². The second-order valence-corrected chi connectivity index (χ2v) is 4.80. The summed E-state index contributed by atoms with van der Waals surface area (Å²) in [7, 11) is 0. The fraction of sp³-hybridized carbons (Fsp3) is 0.533. The topological polar surface area (TPSA) is 41.9 Å². The summed E-state index contributed by atoms with van der Waals surface area (Å²) < 4.78 is 5.70. The van der Waals surface area contributed by atoms with Crippen molar-refractivity contribution < 1.29 is 9.53 Å². The molecule has 19 heavy (non-hydrogen) atoms. The molecule has 0 atom stereocenters. The van der Waals surface area contributed by atoms with Crippen LogP contribution in [-0.2, 0) is 4.79 Å².